The molecule has 0 spiro atoms. The van der Waals surface area contributed by atoms with Crippen molar-refractivity contribution in [2.24, 2.45) is 17.8 Å². The Morgan fingerprint density at radius 2 is 2.21 bits per heavy atom. The fourth-order valence-electron chi connectivity index (χ4n) is 3.98. The number of hydrogen-bond donors (Lipinski definition) is 0. The van der Waals surface area contributed by atoms with E-state index in [2.05, 4.69) is 18.0 Å². The zero-order valence-corrected chi connectivity index (χ0v) is 12.0. The summed E-state index contributed by atoms with van der Waals surface area (Å²) in [5.41, 5.74) is 1.69. The smallest absolute Gasteiger partial charge is 0.101 e. The van der Waals surface area contributed by atoms with E-state index < -0.39 is 0 Å². The fraction of sp³-hybridized carbons (Fsp3) is 0.562. The second-order valence-electron chi connectivity index (χ2n) is 6.09. The van der Waals surface area contributed by atoms with Crippen LogP contribution in [0, 0.1) is 29.1 Å². The van der Waals surface area contributed by atoms with E-state index in [1.165, 1.54) is 25.7 Å². The van der Waals surface area contributed by atoms with Crippen molar-refractivity contribution >= 4 is 17.3 Å². The zero-order chi connectivity index (χ0) is 13.4. The van der Waals surface area contributed by atoms with Crippen LogP contribution in [0.25, 0.3) is 0 Å². The minimum Gasteiger partial charge on any atom is -0.373 e. The molecule has 3 rings (SSSR count). The molecule has 3 unspecified atom stereocenters. The number of benzene rings is 1. The van der Waals surface area contributed by atoms with Gasteiger partial charge in [-0.05, 0) is 55.2 Å². The molecule has 2 nitrogen and oxygen atoms in total. The van der Waals surface area contributed by atoms with E-state index in [4.69, 9.17) is 11.6 Å². The Bertz CT molecular complexity index is 520. The summed E-state index contributed by atoms with van der Waals surface area (Å²) in [5.74, 6) is 2.71. The summed E-state index contributed by atoms with van der Waals surface area (Å²) >= 11 is 5.95. The molecule has 1 aromatic carbocycles. The van der Waals surface area contributed by atoms with E-state index >= 15 is 0 Å². The molecular weight excluding hydrogens is 256 g/mol. The molecule has 3 heteroatoms. The van der Waals surface area contributed by atoms with Gasteiger partial charge in [-0.15, -0.1) is 0 Å². The lowest BCUT2D eigenvalue weighted by Crippen LogP contribution is -2.29. The van der Waals surface area contributed by atoms with Crippen molar-refractivity contribution in [3.05, 3.63) is 28.8 Å². The first-order chi connectivity index (χ1) is 9.17. The Kier molecular flexibility index (Phi) is 3.41. The van der Waals surface area contributed by atoms with Gasteiger partial charge in [0.2, 0.25) is 0 Å². The lowest BCUT2D eigenvalue weighted by Gasteiger charge is -2.29. The van der Waals surface area contributed by atoms with Crippen LogP contribution in [0.5, 0.6) is 0 Å². The quantitative estimate of drug-likeness (QED) is 0.830. The molecule has 0 amide bonds. The van der Waals surface area contributed by atoms with Gasteiger partial charge in [-0.25, -0.2) is 0 Å². The van der Waals surface area contributed by atoms with Crippen LogP contribution in [0.15, 0.2) is 18.2 Å². The molecule has 3 atom stereocenters. The van der Waals surface area contributed by atoms with Gasteiger partial charge in [0.05, 0.1) is 11.3 Å². The molecule has 2 fully saturated rings. The fourth-order valence-corrected chi connectivity index (χ4v) is 4.15. The Labute approximate surface area is 120 Å². The number of hydrogen-bond acceptors (Lipinski definition) is 2. The van der Waals surface area contributed by atoms with Crippen molar-refractivity contribution < 1.29 is 0 Å². The number of nitriles is 1. The van der Waals surface area contributed by atoms with Crippen LogP contribution in [-0.4, -0.2) is 13.6 Å². The van der Waals surface area contributed by atoms with E-state index in [1.807, 2.05) is 12.1 Å². The lowest BCUT2D eigenvalue weighted by atomic mass is 9.88. The first kappa shape index (κ1) is 12.8. The minimum atomic E-state index is 0.633. The predicted molar refractivity (Wildman–Crippen MR) is 78.4 cm³/mol. The van der Waals surface area contributed by atoms with Gasteiger partial charge in [0.1, 0.15) is 6.07 Å². The van der Waals surface area contributed by atoms with E-state index in [0.29, 0.717) is 10.6 Å². The van der Waals surface area contributed by atoms with Crippen molar-refractivity contribution in [3.63, 3.8) is 0 Å². The van der Waals surface area contributed by atoms with Gasteiger partial charge in [-0.3, -0.25) is 0 Å². The van der Waals surface area contributed by atoms with E-state index in [1.54, 1.807) is 6.07 Å². The molecule has 19 heavy (non-hydrogen) atoms. The minimum absolute atomic E-state index is 0.633. The maximum atomic E-state index is 9.22. The normalized spacial score (nSPS) is 28.4. The molecule has 0 aromatic heterocycles. The van der Waals surface area contributed by atoms with Gasteiger partial charge in [-0.1, -0.05) is 18.0 Å². The third kappa shape index (κ3) is 2.44. The molecule has 1 aromatic rings. The first-order valence-electron chi connectivity index (χ1n) is 7.08. The Hall–Kier alpha value is -1.20. The Morgan fingerprint density at radius 3 is 2.84 bits per heavy atom. The van der Waals surface area contributed by atoms with E-state index in [9.17, 15) is 5.26 Å². The maximum absolute atomic E-state index is 9.22. The van der Waals surface area contributed by atoms with Crippen molar-refractivity contribution in [3.8, 4) is 6.07 Å². The molecule has 2 bridgehead atoms. The predicted octanol–water partition coefficient (Wildman–Crippen LogP) is 4.08. The summed E-state index contributed by atoms with van der Waals surface area (Å²) < 4.78 is 0. The molecule has 100 valence electrons. The molecule has 2 aliphatic carbocycles. The number of anilines is 1. The first-order valence-corrected chi connectivity index (χ1v) is 7.46. The highest BCUT2D eigenvalue weighted by Gasteiger charge is 2.39. The molecule has 0 heterocycles. The Balaban J connectivity index is 1.74. The van der Waals surface area contributed by atoms with Crippen molar-refractivity contribution in [2.45, 2.75) is 25.7 Å². The SMILES string of the molecule is CN(CC1CC2CCC1C2)c1ccc(Cl)cc1C#N. The molecule has 0 aliphatic heterocycles. The van der Waals surface area contributed by atoms with Crippen LogP contribution in [0.4, 0.5) is 5.69 Å². The van der Waals surface area contributed by atoms with E-state index in [0.717, 1.165) is 30.0 Å². The summed E-state index contributed by atoms with van der Waals surface area (Å²) in [6.07, 6.45) is 5.67. The van der Waals surface area contributed by atoms with Crippen molar-refractivity contribution in [1.29, 1.82) is 5.26 Å². The van der Waals surface area contributed by atoms with Crippen LogP contribution in [0.1, 0.15) is 31.2 Å². The van der Waals surface area contributed by atoms with Gasteiger partial charge in [0.15, 0.2) is 0 Å². The average molecular weight is 275 g/mol. The summed E-state index contributed by atoms with van der Waals surface area (Å²) in [7, 11) is 2.09. The maximum Gasteiger partial charge on any atom is 0.101 e. The highest BCUT2D eigenvalue weighted by Crippen LogP contribution is 2.48. The average Bonchev–Trinajstić information content (AvgIpc) is 3.00. The van der Waals surface area contributed by atoms with Crippen LogP contribution in [-0.2, 0) is 0 Å². The van der Waals surface area contributed by atoms with Gasteiger partial charge < -0.3 is 4.90 Å². The summed E-state index contributed by atoms with van der Waals surface area (Å²) in [6.45, 7) is 1.07. The zero-order valence-electron chi connectivity index (χ0n) is 11.3. The molecule has 0 N–H and O–H groups in total. The van der Waals surface area contributed by atoms with Crippen LogP contribution < -0.4 is 4.90 Å². The molecule has 0 radical (unpaired) electrons. The lowest BCUT2D eigenvalue weighted by molar-refractivity contribution is 0.337. The van der Waals surface area contributed by atoms with Crippen LogP contribution >= 0.6 is 11.6 Å². The highest BCUT2D eigenvalue weighted by atomic mass is 35.5. The number of nitrogens with zero attached hydrogens (tertiary/aromatic N) is 2. The summed E-state index contributed by atoms with van der Waals surface area (Å²) in [6, 6.07) is 7.84. The number of halogens is 1. The van der Waals surface area contributed by atoms with E-state index in [-0.39, 0.29) is 0 Å². The van der Waals surface area contributed by atoms with Gasteiger partial charge in [0, 0.05) is 18.6 Å². The number of rotatable bonds is 3. The third-order valence-electron chi connectivity index (χ3n) is 4.88. The molecule has 0 saturated heterocycles. The molecular formula is C16H19ClN2. The highest BCUT2D eigenvalue weighted by molar-refractivity contribution is 6.30. The molecule has 2 saturated carbocycles. The number of fused-ring (bicyclic) bond motifs is 2. The molecule has 2 aliphatic rings. The topological polar surface area (TPSA) is 27.0 Å². The van der Waals surface area contributed by atoms with Gasteiger partial charge >= 0.3 is 0 Å². The van der Waals surface area contributed by atoms with Crippen LogP contribution in [0.3, 0.4) is 0 Å². The van der Waals surface area contributed by atoms with Gasteiger partial charge in [0.25, 0.3) is 0 Å². The van der Waals surface area contributed by atoms with Crippen molar-refractivity contribution in [1.82, 2.24) is 0 Å². The largest absolute Gasteiger partial charge is 0.373 e. The Morgan fingerprint density at radius 1 is 1.37 bits per heavy atom. The second kappa shape index (κ2) is 5.06. The standard InChI is InChI=1S/C16H19ClN2/c1-19(10-14-7-11-2-3-12(14)6-11)16-5-4-15(17)8-13(16)9-18/h4-5,8,11-12,14H,2-3,6-7,10H2,1H3. The summed E-state index contributed by atoms with van der Waals surface area (Å²) in [5, 5.41) is 9.86. The van der Waals surface area contributed by atoms with Crippen LogP contribution in [0.2, 0.25) is 5.02 Å². The monoisotopic (exact) mass is 274 g/mol. The van der Waals surface area contributed by atoms with Gasteiger partial charge in [-0.2, -0.15) is 5.26 Å². The summed E-state index contributed by atoms with van der Waals surface area (Å²) in [4.78, 5) is 2.24. The second-order valence-corrected chi connectivity index (χ2v) is 6.53. The van der Waals surface area contributed by atoms with Crippen molar-refractivity contribution in [2.75, 3.05) is 18.5 Å². The third-order valence-corrected chi connectivity index (χ3v) is 5.12.